The Morgan fingerprint density at radius 1 is 1.13 bits per heavy atom. The predicted octanol–water partition coefficient (Wildman–Crippen LogP) is 2.61. The average Bonchev–Trinajstić information content (AvgIpc) is 2.16. The van der Waals surface area contributed by atoms with Gasteiger partial charge in [-0.25, -0.2) is 0 Å². The minimum Gasteiger partial charge on any atom is -0.359 e. The van der Waals surface area contributed by atoms with Crippen LogP contribution in [-0.4, -0.2) is 23.2 Å². The quantitative estimate of drug-likeness (QED) is 0.685. The monoisotopic (exact) mass is 224 g/mol. The van der Waals surface area contributed by atoms with Gasteiger partial charge in [-0.05, 0) is 25.2 Å². The summed E-state index contributed by atoms with van der Waals surface area (Å²) in [5.74, 6) is -2.69. The summed E-state index contributed by atoms with van der Waals surface area (Å²) in [4.78, 5) is 0. The van der Waals surface area contributed by atoms with Crippen molar-refractivity contribution in [2.45, 2.75) is 56.6 Å². The minimum atomic E-state index is -4.67. The van der Waals surface area contributed by atoms with Gasteiger partial charge in [-0.2, -0.15) is 13.2 Å². The minimum absolute atomic E-state index is 0.210. The van der Waals surface area contributed by atoms with Crippen molar-refractivity contribution in [1.82, 2.24) is 0 Å². The Morgan fingerprint density at radius 3 is 2.47 bits per heavy atom. The molecule has 0 spiro atoms. The van der Waals surface area contributed by atoms with Gasteiger partial charge >= 0.3 is 6.18 Å². The molecule has 88 valence electrons. The van der Waals surface area contributed by atoms with Gasteiger partial charge in [0.1, 0.15) is 0 Å². The van der Waals surface area contributed by atoms with Gasteiger partial charge in [-0.15, -0.1) is 0 Å². The largest absolute Gasteiger partial charge is 0.443 e. The summed E-state index contributed by atoms with van der Waals surface area (Å²) in [5.41, 5.74) is 0. The smallest absolute Gasteiger partial charge is 0.359 e. The lowest BCUT2D eigenvalue weighted by atomic mass is 9.80. The summed E-state index contributed by atoms with van der Waals surface area (Å²) < 4.78 is 42.4. The predicted molar refractivity (Wildman–Crippen MR) is 47.1 cm³/mol. The molecule has 2 nitrogen and oxygen atoms in total. The molecule has 2 fully saturated rings. The van der Waals surface area contributed by atoms with Crippen LogP contribution in [-0.2, 0) is 4.74 Å². The van der Waals surface area contributed by atoms with Crippen LogP contribution in [0, 0.1) is 5.92 Å². The lowest BCUT2D eigenvalue weighted by Crippen LogP contribution is -2.54. The van der Waals surface area contributed by atoms with Gasteiger partial charge < -0.3 is 9.84 Å². The molecule has 1 N–H and O–H groups in total. The average molecular weight is 224 g/mol. The molecule has 1 saturated heterocycles. The van der Waals surface area contributed by atoms with E-state index in [1.165, 1.54) is 0 Å². The van der Waals surface area contributed by atoms with Gasteiger partial charge in [0.15, 0.2) is 0 Å². The maximum atomic E-state index is 12.5. The van der Waals surface area contributed by atoms with Gasteiger partial charge in [0, 0.05) is 6.42 Å². The Labute approximate surface area is 86.4 Å². The molecule has 0 aromatic carbocycles. The molecule has 3 unspecified atom stereocenters. The van der Waals surface area contributed by atoms with Crippen LogP contribution < -0.4 is 0 Å². The van der Waals surface area contributed by atoms with Crippen molar-refractivity contribution >= 4 is 0 Å². The first-order valence-electron chi connectivity index (χ1n) is 5.39. The summed E-state index contributed by atoms with van der Waals surface area (Å²) in [5, 5.41) is 9.40. The van der Waals surface area contributed by atoms with E-state index in [0.29, 0.717) is 12.8 Å². The third kappa shape index (κ3) is 1.99. The number of alkyl halides is 3. The Kier molecular flexibility index (Phi) is 2.71. The molecule has 1 aliphatic heterocycles. The molecular weight excluding hydrogens is 209 g/mol. The highest BCUT2D eigenvalue weighted by Gasteiger charge is 2.58. The summed E-state index contributed by atoms with van der Waals surface area (Å²) in [6, 6.07) is 0. The second kappa shape index (κ2) is 3.63. The van der Waals surface area contributed by atoms with Crippen molar-refractivity contribution in [1.29, 1.82) is 0 Å². The molecule has 0 aromatic heterocycles. The summed E-state index contributed by atoms with van der Waals surface area (Å²) in [6.07, 6.45) is -1.45. The van der Waals surface area contributed by atoms with E-state index >= 15 is 0 Å². The van der Waals surface area contributed by atoms with E-state index in [-0.39, 0.29) is 12.3 Å². The number of hydrogen-bond donors (Lipinski definition) is 1. The molecular formula is C10H15F3O2. The molecule has 0 bridgehead atoms. The Morgan fingerprint density at radius 2 is 1.80 bits per heavy atom. The highest BCUT2D eigenvalue weighted by Crippen LogP contribution is 2.45. The second-order valence-corrected chi connectivity index (χ2v) is 4.52. The van der Waals surface area contributed by atoms with Crippen molar-refractivity contribution in [2.24, 2.45) is 5.92 Å². The fraction of sp³-hybridized carbons (Fsp3) is 1.00. The van der Waals surface area contributed by atoms with Crippen LogP contribution in [0.1, 0.15) is 38.5 Å². The van der Waals surface area contributed by atoms with E-state index < -0.39 is 18.1 Å². The number of rotatable bonds is 0. The summed E-state index contributed by atoms with van der Waals surface area (Å²) in [7, 11) is 0. The van der Waals surface area contributed by atoms with Crippen molar-refractivity contribution in [3.05, 3.63) is 0 Å². The van der Waals surface area contributed by atoms with Gasteiger partial charge in [-0.3, -0.25) is 0 Å². The molecule has 0 radical (unpaired) electrons. The van der Waals surface area contributed by atoms with Crippen LogP contribution in [0.25, 0.3) is 0 Å². The van der Waals surface area contributed by atoms with Crippen LogP contribution >= 0.6 is 0 Å². The highest BCUT2D eigenvalue weighted by atomic mass is 19.4. The van der Waals surface area contributed by atoms with Gasteiger partial charge in [0.2, 0.25) is 0 Å². The highest BCUT2D eigenvalue weighted by molar-refractivity contribution is 4.89. The van der Waals surface area contributed by atoms with Crippen LogP contribution in [0.2, 0.25) is 0 Å². The lowest BCUT2D eigenvalue weighted by Gasteiger charge is -2.44. The maximum Gasteiger partial charge on any atom is 0.443 e. The van der Waals surface area contributed by atoms with E-state index in [1.54, 1.807) is 0 Å². The Balaban J connectivity index is 2.07. The molecule has 1 aliphatic carbocycles. The van der Waals surface area contributed by atoms with E-state index in [9.17, 15) is 18.3 Å². The molecule has 2 aliphatic rings. The van der Waals surface area contributed by atoms with Gasteiger partial charge in [0.25, 0.3) is 5.79 Å². The Bertz CT molecular complexity index is 241. The molecule has 3 atom stereocenters. The fourth-order valence-corrected chi connectivity index (χ4v) is 2.56. The normalized spacial score (nSPS) is 42.4. The van der Waals surface area contributed by atoms with E-state index in [4.69, 9.17) is 4.74 Å². The zero-order valence-electron chi connectivity index (χ0n) is 8.39. The number of halogens is 3. The summed E-state index contributed by atoms with van der Waals surface area (Å²) in [6.45, 7) is 0. The van der Waals surface area contributed by atoms with Crippen molar-refractivity contribution < 1.29 is 23.0 Å². The van der Waals surface area contributed by atoms with Crippen LogP contribution in [0.15, 0.2) is 0 Å². The first kappa shape index (κ1) is 11.2. The van der Waals surface area contributed by atoms with E-state index in [0.717, 1.165) is 19.3 Å². The van der Waals surface area contributed by atoms with Crippen molar-refractivity contribution in [3.8, 4) is 0 Å². The zero-order chi connectivity index (χ0) is 11.1. The molecule has 0 amide bonds. The first-order valence-corrected chi connectivity index (χ1v) is 5.39. The molecule has 0 aromatic rings. The van der Waals surface area contributed by atoms with E-state index in [2.05, 4.69) is 0 Å². The first-order chi connectivity index (χ1) is 6.92. The van der Waals surface area contributed by atoms with Crippen LogP contribution in [0.5, 0.6) is 0 Å². The van der Waals surface area contributed by atoms with Gasteiger partial charge in [-0.1, -0.05) is 12.8 Å². The van der Waals surface area contributed by atoms with Crippen molar-refractivity contribution in [2.75, 3.05) is 0 Å². The van der Waals surface area contributed by atoms with E-state index in [1.807, 2.05) is 0 Å². The lowest BCUT2D eigenvalue weighted by molar-refractivity contribution is -0.397. The number of ether oxygens (including phenoxy) is 1. The fourth-order valence-electron chi connectivity index (χ4n) is 2.56. The number of hydrogen-bond acceptors (Lipinski definition) is 2. The standard InChI is InChI=1S/C10H15F3O2/c11-10(12,13)9(14)6-5-7-3-1-2-4-8(7)15-9/h7-8,14H,1-6H2. The molecule has 2 rings (SSSR count). The molecule has 5 heteroatoms. The second-order valence-electron chi connectivity index (χ2n) is 4.52. The molecule has 1 heterocycles. The third-order valence-electron chi connectivity index (χ3n) is 3.48. The number of aliphatic hydroxyl groups is 1. The SMILES string of the molecule is OC1(C(F)(F)F)CCC2CCCCC2O1. The van der Waals surface area contributed by atoms with Crippen LogP contribution in [0.3, 0.4) is 0 Å². The van der Waals surface area contributed by atoms with Crippen LogP contribution in [0.4, 0.5) is 13.2 Å². The number of fused-ring (bicyclic) bond motifs is 1. The maximum absolute atomic E-state index is 12.5. The van der Waals surface area contributed by atoms with Gasteiger partial charge in [0.05, 0.1) is 6.10 Å². The third-order valence-corrected chi connectivity index (χ3v) is 3.48. The Hall–Kier alpha value is -0.290. The molecule has 15 heavy (non-hydrogen) atoms. The topological polar surface area (TPSA) is 29.5 Å². The zero-order valence-corrected chi connectivity index (χ0v) is 8.39. The summed E-state index contributed by atoms with van der Waals surface area (Å²) >= 11 is 0. The van der Waals surface area contributed by atoms with Crippen molar-refractivity contribution in [3.63, 3.8) is 0 Å². The molecule has 1 saturated carbocycles.